The van der Waals surface area contributed by atoms with E-state index in [1.807, 2.05) is 24.3 Å². The minimum Gasteiger partial charge on any atom is -0.399 e. The molecule has 114 valence electrons. The summed E-state index contributed by atoms with van der Waals surface area (Å²) < 4.78 is 12.1. The van der Waals surface area contributed by atoms with Crippen molar-refractivity contribution in [2.24, 2.45) is 0 Å². The highest BCUT2D eigenvalue weighted by Gasteiger charge is 2.51. The molecule has 0 aliphatic carbocycles. The Labute approximate surface area is 137 Å². The van der Waals surface area contributed by atoms with Crippen molar-refractivity contribution >= 4 is 24.2 Å². The molecule has 0 spiro atoms. The van der Waals surface area contributed by atoms with Crippen LogP contribution >= 0.6 is 11.6 Å². The Hall–Kier alpha value is -1.29. The molecule has 1 heterocycles. The van der Waals surface area contributed by atoms with Crippen LogP contribution in [0.2, 0.25) is 5.02 Å². The molecule has 1 aliphatic rings. The van der Waals surface area contributed by atoms with Crippen LogP contribution in [0.15, 0.2) is 48.5 Å². The Morgan fingerprint density at radius 2 is 1.14 bits per heavy atom. The van der Waals surface area contributed by atoms with Crippen molar-refractivity contribution in [3.05, 3.63) is 53.6 Å². The monoisotopic (exact) mass is 314 g/mol. The van der Waals surface area contributed by atoms with Gasteiger partial charge in [-0.15, -0.1) is 0 Å². The first-order valence-corrected chi connectivity index (χ1v) is 7.88. The molecule has 0 radical (unpaired) electrons. The van der Waals surface area contributed by atoms with Gasteiger partial charge in [0, 0.05) is 5.02 Å². The molecule has 0 amide bonds. The Morgan fingerprint density at radius 1 is 0.727 bits per heavy atom. The predicted molar refractivity (Wildman–Crippen MR) is 92.6 cm³/mol. The minimum absolute atomic E-state index is 0.313. The number of benzene rings is 2. The molecule has 2 aromatic rings. The van der Waals surface area contributed by atoms with Crippen LogP contribution in [0.4, 0.5) is 0 Å². The molecular weight excluding hydrogens is 294 g/mol. The van der Waals surface area contributed by atoms with Crippen molar-refractivity contribution in [3.63, 3.8) is 0 Å². The maximum atomic E-state index is 6.07. The molecule has 0 unspecified atom stereocenters. The van der Waals surface area contributed by atoms with E-state index in [1.54, 1.807) is 0 Å². The number of rotatable bonds is 2. The van der Waals surface area contributed by atoms with E-state index in [0.717, 1.165) is 21.6 Å². The smallest absolute Gasteiger partial charge is 0.399 e. The van der Waals surface area contributed by atoms with Crippen LogP contribution < -0.4 is 5.46 Å². The summed E-state index contributed by atoms with van der Waals surface area (Å²) in [5.74, 6) is 0. The highest BCUT2D eigenvalue weighted by Crippen LogP contribution is 2.36. The maximum Gasteiger partial charge on any atom is 0.494 e. The van der Waals surface area contributed by atoms with Gasteiger partial charge in [-0.3, -0.25) is 0 Å². The van der Waals surface area contributed by atoms with Gasteiger partial charge in [-0.2, -0.15) is 0 Å². The number of halogens is 1. The zero-order chi connectivity index (χ0) is 16.0. The minimum atomic E-state index is -0.315. The topological polar surface area (TPSA) is 18.5 Å². The Morgan fingerprint density at radius 3 is 1.59 bits per heavy atom. The molecule has 0 atom stereocenters. The summed E-state index contributed by atoms with van der Waals surface area (Å²) in [4.78, 5) is 0. The number of hydrogen-bond donors (Lipinski definition) is 0. The van der Waals surface area contributed by atoms with Gasteiger partial charge in [-0.05, 0) is 56.4 Å². The molecule has 22 heavy (non-hydrogen) atoms. The highest BCUT2D eigenvalue weighted by atomic mass is 35.5. The van der Waals surface area contributed by atoms with Gasteiger partial charge in [0.25, 0.3) is 0 Å². The van der Waals surface area contributed by atoms with Crippen LogP contribution in [0.3, 0.4) is 0 Å². The average Bonchev–Trinajstić information content (AvgIpc) is 2.68. The fourth-order valence-corrected chi connectivity index (χ4v) is 2.58. The molecule has 2 nitrogen and oxygen atoms in total. The molecule has 3 rings (SSSR count). The van der Waals surface area contributed by atoms with Crippen molar-refractivity contribution in [3.8, 4) is 11.1 Å². The van der Waals surface area contributed by atoms with Gasteiger partial charge in [-0.1, -0.05) is 48.0 Å². The molecular formula is C18H20BClO2. The highest BCUT2D eigenvalue weighted by molar-refractivity contribution is 6.62. The van der Waals surface area contributed by atoms with Crippen LogP contribution in [0.1, 0.15) is 27.7 Å². The molecule has 0 aromatic heterocycles. The number of hydrogen-bond acceptors (Lipinski definition) is 2. The van der Waals surface area contributed by atoms with Crippen LogP contribution in [-0.2, 0) is 9.31 Å². The van der Waals surface area contributed by atoms with E-state index in [0.29, 0.717) is 0 Å². The first kappa shape index (κ1) is 15.6. The van der Waals surface area contributed by atoms with Crippen molar-refractivity contribution < 1.29 is 9.31 Å². The molecule has 1 aliphatic heterocycles. The van der Waals surface area contributed by atoms with Crippen molar-refractivity contribution in [1.82, 2.24) is 0 Å². The first-order valence-electron chi connectivity index (χ1n) is 7.50. The van der Waals surface area contributed by atoms with E-state index >= 15 is 0 Å². The summed E-state index contributed by atoms with van der Waals surface area (Å²) in [6.45, 7) is 8.26. The van der Waals surface area contributed by atoms with E-state index in [4.69, 9.17) is 20.9 Å². The molecule has 0 saturated carbocycles. The lowest BCUT2D eigenvalue weighted by Crippen LogP contribution is -2.41. The van der Waals surface area contributed by atoms with Crippen molar-refractivity contribution in [2.75, 3.05) is 0 Å². The summed E-state index contributed by atoms with van der Waals surface area (Å²) in [5.41, 5.74) is 2.71. The van der Waals surface area contributed by atoms with Crippen LogP contribution in [0, 0.1) is 0 Å². The van der Waals surface area contributed by atoms with Gasteiger partial charge in [0.1, 0.15) is 0 Å². The van der Waals surface area contributed by atoms with Gasteiger partial charge in [0.05, 0.1) is 11.2 Å². The molecule has 1 saturated heterocycles. The van der Waals surface area contributed by atoms with E-state index < -0.39 is 0 Å². The van der Waals surface area contributed by atoms with Crippen molar-refractivity contribution in [2.45, 2.75) is 38.9 Å². The van der Waals surface area contributed by atoms with E-state index in [2.05, 4.69) is 52.0 Å². The quantitative estimate of drug-likeness (QED) is 0.769. The molecule has 0 bridgehead atoms. The summed E-state index contributed by atoms with van der Waals surface area (Å²) in [6, 6.07) is 16.1. The third-order valence-electron chi connectivity index (χ3n) is 4.61. The van der Waals surface area contributed by atoms with E-state index in [1.165, 1.54) is 0 Å². The van der Waals surface area contributed by atoms with Crippen molar-refractivity contribution in [1.29, 1.82) is 0 Å². The zero-order valence-electron chi connectivity index (χ0n) is 13.4. The lowest BCUT2D eigenvalue weighted by Gasteiger charge is -2.32. The Bertz CT molecular complexity index is 646. The van der Waals surface area contributed by atoms with Gasteiger partial charge >= 0.3 is 7.12 Å². The van der Waals surface area contributed by atoms with Gasteiger partial charge in [0.15, 0.2) is 0 Å². The zero-order valence-corrected chi connectivity index (χ0v) is 14.1. The summed E-state index contributed by atoms with van der Waals surface area (Å²) in [7, 11) is -0.315. The fourth-order valence-electron chi connectivity index (χ4n) is 2.45. The first-order chi connectivity index (χ1) is 10.3. The molecule has 1 fully saturated rings. The summed E-state index contributed by atoms with van der Waals surface area (Å²) in [5, 5.41) is 0.748. The standard InChI is InChI=1S/C18H20BClO2/c1-17(2)18(3,4)22-19(21-17)15-9-5-13(6-10-15)14-7-11-16(20)12-8-14/h5-12H,1-4H3. The Balaban J connectivity index is 1.82. The fraction of sp³-hybridized carbons (Fsp3) is 0.333. The third kappa shape index (κ3) is 2.81. The molecule has 2 aromatic carbocycles. The van der Waals surface area contributed by atoms with E-state index in [-0.39, 0.29) is 18.3 Å². The largest absolute Gasteiger partial charge is 0.494 e. The lowest BCUT2D eigenvalue weighted by molar-refractivity contribution is 0.00578. The third-order valence-corrected chi connectivity index (χ3v) is 4.87. The maximum absolute atomic E-state index is 6.07. The lowest BCUT2D eigenvalue weighted by atomic mass is 9.78. The van der Waals surface area contributed by atoms with Gasteiger partial charge in [-0.25, -0.2) is 0 Å². The second kappa shape index (κ2) is 5.41. The van der Waals surface area contributed by atoms with Crippen LogP contribution in [0.5, 0.6) is 0 Å². The van der Waals surface area contributed by atoms with Crippen LogP contribution in [0.25, 0.3) is 11.1 Å². The summed E-state index contributed by atoms with van der Waals surface area (Å²) >= 11 is 5.93. The van der Waals surface area contributed by atoms with E-state index in [9.17, 15) is 0 Å². The molecule has 4 heteroatoms. The SMILES string of the molecule is CC1(C)OB(c2ccc(-c3ccc(Cl)cc3)cc2)OC1(C)C. The normalized spacial score (nSPS) is 19.4. The molecule has 0 N–H and O–H groups in total. The second-order valence-corrected chi connectivity index (χ2v) is 7.15. The van der Waals surface area contributed by atoms with Gasteiger partial charge < -0.3 is 9.31 Å². The predicted octanol–water partition coefficient (Wildman–Crippen LogP) is 4.31. The summed E-state index contributed by atoms with van der Waals surface area (Å²) in [6.07, 6.45) is 0. The Kier molecular flexibility index (Phi) is 3.84. The second-order valence-electron chi connectivity index (χ2n) is 6.72. The average molecular weight is 315 g/mol. The van der Waals surface area contributed by atoms with Gasteiger partial charge in [0.2, 0.25) is 0 Å². The van der Waals surface area contributed by atoms with Crippen LogP contribution in [-0.4, -0.2) is 18.3 Å².